The van der Waals surface area contributed by atoms with Gasteiger partial charge in [0.05, 0.1) is 0 Å². The predicted octanol–water partition coefficient (Wildman–Crippen LogP) is 5.66. The van der Waals surface area contributed by atoms with Gasteiger partial charge in [0.2, 0.25) is 5.91 Å². The lowest BCUT2D eigenvalue weighted by atomic mass is 9.88. The molecule has 1 N–H and O–H groups in total. The second-order valence-corrected chi connectivity index (χ2v) is 7.52. The minimum absolute atomic E-state index is 0.0269. The zero-order chi connectivity index (χ0) is 19.2. The van der Waals surface area contributed by atoms with Crippen molar-refractivity contribution >= 4 is 28.4 Å². The SMILES string of the molecule is CCCCCNC(=O)CC(c1cccc(Cl)c1)c1cn(C)c2ccccc12. The Morgan fingerprint density at radius 2 is 1.96 bits per heavy atom. The van der Waals surface area contributed by atoms with Crippen molar-refractivity contribution in [3.8, 4) is 0 Å². The van der Waals surface area contributed by atoms with Crippen molar-refractivity contribution in [3.63, 3.8) is 0 Å². The number of carbonyl (C=O) groups excluding carboxylic acids is 1. The lowest BCUT2D eigenvalue weighted by Gasteiger charge is -2.17. The highest BCUT2D eigenvalue weighted by atomic mass is 35.5. The molecule has 0 radical (unpaired) electrons. The molecule has 0 saturated heterocycles. The molecule has 3 aromatic rings. The summed E-state index contributed by atoms with van der Waals surface area (Å²) >= 11 is 6.25. The van der Waals surface area contributed by atoms with Gasteiger partial charge in [0.25, 0.3) is 0 Å². The molecule has 0 spiro atoms. The Morgan fingerprint density at radius 1 is 1.15 bits per heavy atom. The van der Waals surface area contributed by atoms with Crippen LogP contribution in [0.4, 0.5) is 0 Å². The molecule has 3 rings (SSSR count). The Balaban J connectivity index is 1.92. The van der Waals surface area contributed by atoms with Crippen LogP contribution in [0.1, 0.15) is 49.7 Å². The molecule has 27 heavy (non-hydrogen) atoms. The van der Waals surface area contributed by atoms with Gasteiger partial charge in [-0.2, -0.15) is 0 Å². The number of amides is 1. The van der Waals surface area contributed by atoms with E-state index in [-0.39, 0.29) is 11.8 Å². The molecule has 0 bridgehead atoms. The zero-order valence-electron chi connectivity index (χ0n) is 16.0. The van der Waals surface area contributed by atoms with Crippen molar-refractivity contribution in [1.29, 1.82) is 0 Å². The molecule has 0 fully saturated rings. The molecule has 1 unspecified atom stereocenters. The number of fused-ring (bicyclic) bond motifs is 1. The number of nitrogens with one attached hydrogen (secondary N) is 1. The molecule has 2 aromatic carbocycles. The van der Waals surface area contributed by atoms with E-state index in [0.29, 0.717) is 11.4 Å². The standard InChI is InChI=1S/C23H27ClN2O/c1-3-4-7-13-25-23(27)15-20(17-9-8-10-18(24)14-17)21-16-26(2)22-12-6-5-11-19(21)22/h5-6,8-12,14,16,20H,3-4,7,13,15H2,1-2H3,(H,25,27). The summed E-state index contributed by atoms with van der Waals surface area (Å²) in [7, 11) is 2.05. The first-order chi connectivity index (χ1) is 13.1. The summed E-state index contributed by atoms with van der Waals surface area (Å²) in [5.41, 5.74) is 3.41. The van der Waals surface area contributed by atoms with Crippen LogP contribution in [0.25, 0.3) is 10.9 Å². The van der Waals surface area contributed by atoms with Gasteiger partial charge in [-0.05, 0) is 35.7 Å². The molecule has 1 heterocycles. The quantitative estimate of drug-likeness (QED) is 0.501. The summed E-state index contributed by atoms with van der Waals surface area (Å²) in [6, 6.07) is 16.2. The van der Waals surface area contributed by atoms with Crippen LogP contribution in [0.3, 0.4) is 0 Å². The molecule has 1 aromatic heterocycles. The van der Waals surface area contributed by atoms with Crippen molar-refractivity contribution in [2.75, 3.05) is 6.54 Å². The van der Waals surface area contributed by atoms with Crippen molar-refractivity contribution < 1.29 is 4.79 Å². The molecule has 1 atom stereocenters. The minimum atomic E-state index is -0.0269. The maximum absolute atomic E-state index is 12.6. The number of benzene rings is 2. The fourth-order valence-corrected chi connectivity index (χ4v) is 3.84. The fourth-order valence-electron chi connectivity index (χ4n) is 3.64. The second kappa shape index (κ2) is 9.09. The van der Waals surface area contributed by atoms with Gasteiger partial charge in [-0.1, -0.05) is 61.7 Å². The summed E-state index contributed by atoms with van der Waals surface area (Å²) in [6.45, 7) is 2.90. The van der Waals surface area contributed by atoms with Crippen LogP contribution < -0.4 is 5.32 Å². The van der Waals surface area contributed by atoms with Gasteiger partial charge in [-0.25, -0.2) is 0 Å². The third kappa shape index (κ3) is 4.72. The molecule has 0 aliphatic carbocycles. The van der Waals surface area contributed by atoms with E-state index in [2.05, 4.69) is 41.2 Å². The summed E-state index contributed by atoms with van der Waals surface area (Å²) < 4.78 is 2.13. The van der Waals surface area contributed by atoms with Gasteiger partial charge in [0.1, 0.15) is 0 Å². The molecule has 0 aliphatic heterocycles. The third-order valence-corrected chi connectivity index (χ3v) is 5.28. The minimum Gasteiger partial charge on any atom is -0.356 e. The summed E-state index contributed by atoms with van der Waals surface area (Å²) in [4.78, 5) is 12.6. The first-order valence-electron chi connectivity index (χ1n) is 9.66. The number of carbonyl (C=O) groups is 1. The van der Waals surface area contributed by atoms with Crippen molar-refractivity contribution in [1.82, 2.24) is 9.88 Å². The number of aromatic nitrogens is 1. The number of para-hydroxylation sites is 1. The van der Waals surface area contributed by atoms with Crippen LogP contribution in [0.5, 0.6) is 0 Å². The Morgan fingerprint density at radius 3 is 2.74 bits per heavy atom. The van der Waals surface area contributed by atoms with Crippen LogP contribution in [-0.2, 0) is 11.8 Å². The normalized spacial score (nSPS) is 12.3. The number of nitrogens with zero attached hydrogens (tertiary/aromatic N) is 1. The summed E-state index contributed by atoms with van der Waals surface area (Å²) in [5.74, 6) is 0.0602. The van der Waals surface area contributed by atoms with E-state index >= 15 is 0 Å². The molecular formula is C23H27ClN2O. The third-order valence-electron chi connectivity index (χ3n) is 5.05. The van der Waals surface area contributed by atoms with E-state index in [9.17, 15) is 4.79 Å². The highest BCUT2D eigenvalue weighted by molar-refractivity contribution is 6.30. The first kappa shape index (κ1) is 19.5. The predicted molar refractivity (Wildman–Crippen MR) is 113 cm³/mol. The lowest BCUT2D eigenvalue weighted by Crippen LogP contribution is -2.26. The van der Waals surface area contributed by atoms with Crippen LogP contribution in [-0.4, -0.2) is 17.0 Å². The van der Waals surface area contributed by atoms with E-state index in [4.69, 9.17) is 11.6 Å². The van der Waals surface area contributed by atoms with Gasteiger partial charge in [-0.15, -0.1) is 0 Å². The molecule has 1 amide bonds. The number of rotatable bonds is 8. The van der Waals surface area contributed by atoms with Gasteiger partial charge in [-0.3, -0.25) is 4.79 Å². The number of unbranched alkanes of at least 4 members (excludes halogenated alkanes) is 2. The average Bonchev–Trinajstić information content (AvgIpc) is 3.00. The zero-order valence-corrected chi connectivity index (χ0v) is 16.8. The molecule has 0 aliphatic rings. The van der Waals surface area contributed by atoms with Gasteiger partial charge < -0.3 is 9.88 Å². The van der Waals surface area contributed by atoms with Crippen molar-refractivity contribution in [2.45, 2.75) is 38.5 Å². The van der Waals surface area contributed by atoms with E-state index in [1.54, 1.807) is 0 Å². The van der Waals surface area contributed by atoms with Crippen LogP contribution >= 0.6 is 11.6 Å². The topological polar surface area (TPSA) is 34.0 Å². The molecule has 142 valence electrons. The highest BCUT2D eigenvalue weighted by Gasteiger charge is 2.22. The van der Waals surface area contributed by atoms with Gasteiger partial charge in [0.15, 0.2) is 0 Å². The van der Waals surface area contributed by atoms with Gasteiger partial charge >= 0.3 is 0 Å². The van der Waals surface area contributed by atoms with E-state index < -0.39 is 0 Å². The van der Waals surface area contributed by atoms with E-state index in [1.807, 2.05) is 37.4 Å². The average molecular weight is 383 g/mol. The van der Waals surface area contributed by atoms with E-state index in [1.165, 1.54) is 16.5 Å². The van der Waals surface area contributed by atoms with Crippen molar-refractivity contribution in [3.05, 3.63) is 70.9 Å². The Bertz CT molecular complexity index is 916. The number of aryl methyl sites for hydroxylation is 1. The summed E-state index contributed by atoms with van der Waals surface area (Å²) in [5, 5.41) is 4.96. The maximum Gasteiger partial charge on any atom is 0.220 e. The Hall–Kier alpha value is -2.26. The molecule has 4 heteroatoms. The fraction of sp³-hybridized carbons (Fsp3) is 0.348. The molecule has 0 saturated carbocycles. The van der Waals surface area contributed by atoms with Crippen LogP contribution in [0.2, 0.25) is 5.02 Å². The smallest absolute Gasteiger partial charge is 0.220 e. The Kier molecular flexibility index (Phi) is 6.57. The van der Waals surface area contributed by atoms with Crippen molar-refractivity contribution in [2.24, 2.45) is 7.05 Å². The molecular weight excluding hydrogens is 356 g/mol. The van der Waals surface area contributed by atoms with E-state index in [0.717, 1.165) is 31.4 Å². The number of halogens is 1. The monoisotopic (exact) mass is 382 g/mol. The number of hydrogen-bond acceptors (Lipinski definition) is 1. The lowest BCUT2D eigenvalue weighted by molar-refractivity contribution is -0.121. The maximum atomic E-state index is 12.6. The van der Waals surface area contributed by atoms with Crippen LogP contribution in [0.15, 0.2) is 54.7 Å². The van der Waals surface area contributed by atoms with Gasteiger partial charge in [0, 0.05) is 48.1 Å². The highest BCUT2D eigenvalue weighted by Crippen LogP contribution is 2.35. The summed E-state index contributed by atoms with van der Waals surface area (Å²) in [6.07, 6.45) is 5.87. The largest absolute Gasteiger partial charge is 0.356 e. The molecule has 3 nitrogen and oxygen atoms in total. The van der Waals surface area contributed by atoms with Crippen LogP contribution in [0, 0.1) is 0 Å². The number of hydrogen-bond donors (Lipinski definition) is 1. The second-order valence-electron chi connectivity index (χ2n) is 7.08. The first-order valence-corrected chi connectivity index (χ1v) is 10.0. The Labute approximate surface area is 166 Å².